The van der Waals surface area contributed by atoms with Gasteiger partial charge in [0.15, 0.2) is 0 Å². The standard InChI is InChI=1S/C19H24FN5O2/c1-27-12-4-7-21-19-22-13-15(14-23-19)18(26)25-10-8-24(9-11-25)17-6-3-2-5-16(17)20/h2-3,5-6,13-14H,4,7-12H2,1H3,(H,21,22,23). The maximum Gasteiger partial charge on any atom is 0.257 e. The SMILES string of the molecule is COCCCNc1ncc(C(=O)N2CCN(c3ccccc3F)CC2)cn1. The van der Waals surface area contributed by atoms with Gasteiger partial charge in [0.25, 0.3) is 5.91 Å². The number of nitrogens with one attached hydrogen (secondary N) is 1. The molecule has 3 rings (SSSR count). The Labute approximate surface area is 158 Å². The molecular formula is C19H24FN5O2. The van der Waals surface area contributed by atoms with E-state index in [-0.39, 0.29) is 11.7 Å². The maximum absolute atomic E-state index is 13.9. The van der Waals surface area contributed by atoms with E-state index in [4.69, 9.17) is 4.74 Å². The summed E-state index contributed by atoms with van der Waals surface area (Å²) in [5, 5.41) is 3.09. The summed E-state index contributed by atoms with van der Waals surface area (Å²) in [7, 11) is 1.66. The molecule has 0 radical (unpaired) electrons. The number of hydrogen-bond donors (Lipinski definition) is 1. The Morgan fingerprint density at radius 3 is 2.56 bits per heavy atom. The van der Waals surface area contributed by atoms with Crippen molar-refractivity contribution in [2.75, 3.05) is 56.7 Å². The highest BCUT2D eigenvalue weighted by molar-refractivity contribution is 5.93. The molecule has 1 saturated heterocycles. The minimum absolute atomic E-state index is 0.103. The summed E-state index contributed by atoms with van der Waals surface area (Å²) in [5.41, 5.74) is 1.04. The average Bonchev–Trinajstić information content (AvgIpc) is 2.72. The number of benzene rings is 1. The highest BCUT2D eigenvalue weighted by Gasteiger charge is 2.23. The Kier molecular flexibility index (Phi) is 6.54. The second kappa shape index (κ2) is 9.27. The van der Waals surface area contributed by atoms with E-state index in [1.807, 2.05) is 11.0 Å². The summed E-state index contributed by atoms with van der Waals surface area (Å²) in [6, 6.07) is 6.71. The molecule has 8 heteroatoms. The number of methoxy groups -OCH3 is 1. The predicted molar refractivity (Wildman–Crippen MR) is 102 cm³/mol. The number of carbonyl (C=O) groups is 1. The average molecular weight is 373 g/mol. The molecule has 0 unspecified atom stereocenters. The van der Waals surface area contributed by atoms with Crippen molar-refractivity contribution >= 4 is 17.5 Å². The van der Waals surface area contributed by atoms with Gasteiger partial charge in [-0.3, -0.25) is 4.79 Å². The van der Waals surface area contributed by atoms with Gasteiger partial charge in [0.05, 0.1) is 11.3 Å². The van der Waals surface area contributed by atoms with Crippen molar-refractivity contribution in [2.45, 2.75) is 6.42 Å². The summed E-state index contributed by atoms with van der Waals surface area (Å²) in [4.78, 5) is 24.7. The zero-order valence-electron chi connectivity index (χ0n) is 15.4. The van der Waals surface area contributed by atoms with Gasteiger partial charge in [0, 0.05) is 58.8 Å². The van der Waals surface area contributed by atoms with E-state index in [1.165, 1.54) is 18.5 Å². The molecule has 1 aliphatic heterocycles. The highest BCUT2D eigenvalue weighted by Crippen LogP contribution is 2.20. The van der Waals surface area contributed by atoms with E-state index in [0.717, 1.165) is 6.42 Å². The molecule has 7 nitrogen and oxygen atoms in total. The van der Waals surface area contributed by atoms with Crippen LogP contribution >= 0.6 is 0 Å². The van der Waals surface area contributed by atoms with Gasteiger partial charge in [-0.1, -0.05) is 12.1 Å². The fraction of sp³-hybridized carbons (Fsp3) is 0.421. The van der Waals surface area contributed by atoms with Gasteiger partial charge >= 0.3 is 0 Å². The van der Waals surface area contributed by atoms with E-state index >= 15 is 0 Å². The first-order chi connectivity index (χ1) is 13.2. The number of nitrogens with zero attached hydrogens (tertiary/aromatic N) is 4. The first-order valence-corrected chi connectivity index (χ1v) is 9.02. The number of para-hydroxylation sites is 1. The predicted octanol–water partition coefficient (Wildman–Crippen LogP) is 2.03. The molecule has 144 valence electrons. The van der Waals surface area contributed by atoms with Gasteiger partial charge < -0.3 is 19.9 Å². The van der Waals surface area contributed by atoms with Crippen LogP contribution in [-0.2, 0) is 4.74 Å². The van der Waals surface area contributed by atoms with Crippen molar-refractivity contribution in [3.8, 4) is 0 Å². The Morgan fingerprint density at radius 2 is 1.89 bits per heavy atom. The van der Waals surface area contributed by atoms with Gasteiger partial charge in [0.1, 0.15) is 5.82 Å². The van der Waals surface area contributed by atoms with E-state index in [9.17, 15) is 9.18 Å². The molecule has 2 heterocycles. The molecule has 27 heavy (non-hydrogen) atoms. The quantitative estimate of drug-likeness (QED) is 0.749. The van der Waals surface area contributed by atoms with Crippen LogP contribution in [0, 0.1) is 5.82 Å². The molecule has 1 aromatic carbocycles. The van der Waals surface area contributed by atoms with Crippen molar-refractivity contribution in [3.63, 3.8) is 0 Å². The summed E-state index contributed by atoms with van der Waals surface area (Å²) in [5.74, 6) is 0.153. The van der Waals surface area contributed by atoms with Crippen molar-refractivity contribution in [3.05, 3.63) is 48.0 Å². The third-order valence-electron chi connectivity index (χ3n) is 4.47. The van der Waals surface area contributed by atoms with Gasteiger partial charge in [0.2, 0.25) is 5.95 Å². The molecule has 1 amide bonds. The number of rotatable bonds is 7. The lowest BCUT2D eigenvalue weighted by Gasteiger charge is -2.36. The highest BCUT2D eigenvalue weighted by atomic mass is 19.1. The Morgan fingerprint density at radius 1 is 1.19 bits per heavy atom. The van der Waals surface area contributed by atoms with Gasteiger partial charge in [-0.2, -0.15) is 0 Å². The lowest BCUT2D eigenvalue weighted by molar-refractivity contribution is 0.0746. The maximum atomic E-state index is 13.9. The zero-order chi connectivity index (χ0) is 19.1. The molecule has 0 bridgehead atoms. The summed E-state index contributed by atoms with van der Waals surface area (Å²) >= 11 is 0. The Hall–Kier alpha value is -2.74. The number of anilines is 2. The van der Waals surface area contributed by atoms with Gasteiger partial charge in [-0.25, -0.2) is 14.4 Å². The van der Waals surface area contributed by atoms with Crippen LogP contribution < -0.4 is 10.2 Å². The number of hydrogen-bond acceptors (Lipinski definition) is 6. The van der Waals surface area contributed by atoms with Crippen LogP contribution in [0.2, 0.25) is 0 Å². The molecule has 0 saturated carbocycles. The zero-order valence-corrected chi connectivity index (χ0v) is 15.4. The number of piperazine rings is 1. The Bertz CT molecular complexity index is 748. The van der Waals surface area contributed by atoms with Crippen LogP contribution in [0.15, 0.2) is 36.7 Å². The smallest absolute Gasteiger partial charge is 0.257 e. The van der Waals surface area contributed by atoms with Crippen LogP contribution in [0.4, 0.5) is 16.0 Å². The first-order valence-electron chi connectivity index (χ1n) is 9.02. The number of aromatic nitrogens is 2. The van der Waals surface area contributed by atoms with Crippen LogP contribution in [0.3, 0.4) is 0 Å². The number of carbonyl (C=O) groups excluding carboxylic acids is 1. The van der Waals surface area contributed by atoms with E-state index in [2.05, 4.69) is 15.3 Å². The minimum Gasteiger partial charge on any atom is -0.385 e. The van der Waals surface area contributed by atoms with Crippen molar-refractivity contribution in [1.82, 2.24) is 14.9 Å². The number of ether oxygens (including phenoxy) is 1. The summed E-state index contributed by atoms with van der Waals surface area (Å²) < 4.78 is 18.9. The lowest BCUT2D eigenvalue weighted by Crippen LogP contribution is -2.49. The third kappa shape index (κ3) is 4.91. The van der Waals surface area contributed by atoms with Crippen molar-refractivity contribution in [2.24, 2.45) is 0 Å². The van der Waals surface area contributed by atoms with Crippen LogP contribution in [0.5, 0.6) is 0 Å². The van der Waals surface area contributed by atoms with Gasteiger partial charge in [-0.05, 0) is 18.6 Å². The molecule has 1 aliphatic rings. The Balaban J connectivity index is 1.52. The fourth-order valence-corrected chi connectivity index (χ4v) is 2.99. The van der Waals surface area contributed by atoms with Crippen molar-refractivity contribution in [1.29, 1.82) is 0 Å². The summed E-state index contributed by atoms with van der Waals surface area (Å²) in [6.45, 7) is 3.62. The second-order valence-corrected chi connectivity index (χ2v) is 6.30. The second-order valence-electron chi connectivity index (χ2n) is 6.30. The molecule has 1 N–H and O–H groups in total. The molecule has 1 fully saturated rings. The van der Waals surface area contributed by atoms with Crippen LogP contribution in [0.1, 0.15) is 16.8 Å². The number of halogens is 1. The largest absolute Gasteiger partial charge is 0.385 e. The van der Waals surface area contributed by atoms with Crippen molar-refractivity contribution < 1.29 is 13.9 Å². The topological polar surface area (TPSA) is 70.6 Å². The normalized spacial score (nSPS) is 14.3. The van der Waals surface area contributed by atoms with E-state index in [1.54, 1.807) is 24.1 Å². The number of amides is 1. The van der Waals surface area contributed by atoms with E-state index in [0.29, 0.717) is 56.5 Å². The summed E-state index contributed by atoms with van der Waals surface area (Å²) in [6.07, 6.45) is 3.93. The molecular weight excluding hydrogens is 349 g/mol. The van der Waals surface area contributed by atoms with E-state index < -0.39 is 0 Å². The van der Waals surface area contributed by atoms with Gasteiger partial charge in [-0.15, -0.1) is 0 Å². The molecule has 0 aliphatic carbocycles. The molecule has 2 aromatic rings. The van der Waals surface area contributed by atoms with Crippen LogP contribution in [-0.4, -0.2) is 67.2 Å². The first kappa shape index (κ1) is 19.0. The molecule has 0 atom stereocenters. The van der Waals surface area contributed by atoms with Crippen LogP contribution in [0.25, 0.3) is 0 Å². The molecule has 1 aromatic heterocycles. The lowest BCUT2D eigenvalue weighted by atomic mass is 10.2. The fourth-order valence-electron chi connectivity index (χ4n) is 2.99. The minimum atomic E-state index is -0.237. The molecule has 0 spiro atoms. The monoisotopic (exact) mass is 373 g/mol. The third-order valence-corrected chi connectivity index (χ3v) is 4.47.